The van der Waals surface area contributed by atoms with Crippen LogP contribution in [0.2, 0.25) is 0 Å². The number of hydrogen-bond acceptors (Lipinski definition) is 6. The van der Waals surface area contributed by atoms with E-state index in [1.807, 2.05) is 26.0 Å². The van der Waals surface area contributed by atoms with Crippen LogP contribution in [0, 0.1) is 31.1 Å². The predicted octanol–water partition coefficient (Wildman–Crippen LogP) is 3.11. The molecule has 2 fully saturated rings. The number of urea groups is 1. The normalized spacial score (nSPS) is 17.6. The number of carbonyl (C=O) groups excluding carboxylic acids is 4. The van der Waals surface area contributed by atoms with Crippen molar-refractivity contribution in [2.45, 2.75) is 52.4 Å². The molecule has 4 rings (SSSR count). The van der Waals surface area contributed by atoms with Crippen molar-refractivity contribution in [3.8, 4) is 11.8 Å². The van der Waals surface area contributed by atoms with E-state index in [1.54, 1.807) is 13.0 Å². The van der Waals surface area contributed by atoms with Crippen LogP contribution in [0.4, 0.5) is 4.79 Å². The number of amides is 3. The number of likely N-dealkylation sites (tertiary alicyclic amines) is 1. The second-order valence-corrected chi connectivity index (χ2v) is 9.44. The summed E-state index contributed by atoms with van der Waals surface area (Å²) in [5, 5.41) is 2.31. The van der Waals surface area contributed by atoms with E-state index in [1.165, 1.54) is 17.3 Å². The summed E-state index contributed by atoms with van der Waals surface area (Å²) in [6, 6.07) is 4.93. The monoisotopic (exact) mass is 472 g/mol. The number of ketones is 2. The number of Topliss-reactive ketones (excluding diaryl/α,β-unsaturated/α-hetero) is 2. The highest BCUT2D eigenvalue weighted by Gasteiger charge is 2.48. The van der Waals surface area contributed by atoms with Gasteiger partial charge < -0.3 is 4.90 Å². The standard InChI is InChI=1S/C27H28N4O4/c1-4-6-19-13-17(2)22(18(3)14-19)23-20(32)15-27(16-21(23)33)7-11-31(12-8-27)26(35)30-25(34)24-28-9-5-10-29-24/h5,9-10,13-14,23H,7-8,11-12,15-16H2,1-3H3,(H,30,34,35). The summed E-state index contributed by atoms with van der Waals surface area (Å²) in [7, 11) is 0. The molecule has 1 aromatic heterocycles. The van der Waals surface area contributed by atoms with Gasteiger partial charge in [0.1, 0.15) is 17.5 Å². The smallest absolute Gasteiger partial charge is 0.324 e. The van der Waals surface area contributed by atoms with Crippen LogP contribution in [0.1, 0.15) is 71.4 Å². The molecule has 2 heterocycles. The molecule has 35 heavy (non-hydrogen) atoms. The quantitative estimate of drug-likeness (QED) is 0.531. The van der Waals surface area contributed by atoms with Gasteiger partial charge in [-0.05, 0) is 73.9 Å². The number of nitrogens with zero attached hydrogens (tertiary/aromatic N) is 3. The maximum atomic E-state index is 13.3. The number of benzene rings is 1. The Balaban J connectivity index is 1.42. The number of imide groups is 1. The molecule has 3 amide bonds. The minimum Gasteiger partial charge on any atom is -0.324 e. The molecule has 1 saturated carbocycles. The zero-order valence-electron chi connectivity index (χ0n) is 20.2. The molecular formula is C27H28N4O4. The van der Waals surface area contributed by atoms with Crippen molar-refractivity contribution in [2.24, 2.45) is 5.41 Å². The van der Waals surface area contributed by atoms with E-state index in [0.29, 0.717) is 38.8 Å². The maximum Gasteiger partial charge on any atom is 0.324 e. The van der Waals surface area contributed by atoms with Crippen molar-refractivity contribution in [1.29, 1.82) is 0 Å². The molecule has 1 aromatic carbocycles. The van der Waals surface area contributed by atoms with Gasteiger partial charge in [-0.3, -0.25) is 19.7 Å². The lowest BCUT2D eigenvalue weighted by Crippen LogP contribution is -2.51. The SMILES string of the molecule is CC#Cc1cc(C)c(C2C(=O)CC3(CCN(C(=O)NC(=O)c4ncccn4)CC3)CC2=O)c(C)c1. The third kappa shape index (κ3) is 4.99. The first-order valence-electron chi connectivity index (χ1n) is 11.7. The fourth-order valence-electron chi connectivity index (χ4n) is 5.34. The van der Waals surface area contributed by atoms with Gasteiger partial charge in [0.2, 0.25) is 5.82 Å². The Morgan fingerprint density at radius 3 is 2.14 bits per heavy atom. The Hall–Kier alpha value is -3.86. The third-order valence-electron chi connectivity index (χ3n) is 6.99. The van der Waals surface area contributed by atoms with Gasteiger partial charge >= 0.3 is 6.03 Å². The maximum absolute atomic E-state index is 13.3. The molecule has 1 aliphatic carbocycles. The third-order valence-corrected chi connectivity index (χ3v) is 6.99. The topological polar surface area (TPSA) is 109 Å². The highest BCUT2D eigenvalue weighted by Crippen LogP contribution is 2.46. The number of nitrogens with one attached hydrogen (secondary N) is 1. The second-order valence-electron chi connectivity index (χ2n) is 9.44. The molecule has 2 aromatic rings. The lowest BCUT2D eigenvalue weighted by molar-refractivity contribution is -0.138. The summed E-state index contributed by atoms with van der Waals surface area (Å²) in [6.45, 7) is 6.35. The van der Waals surface area contributed by atoms with Gasteiger partial charge in [0.25, 0.3) is 5.91 Å². The van der Waals surface area contributed by atoms with Crippen molar-refractivity contribution in [1.82, 2.24) is 20.2 Å². The number of hydrogen-bond donors (Lipinski definition) is 1. The minimum absolute atomic E-state index is 0.0592. The molecule has 0 radical (unpaired) electrons. The summed E-state index contributed by atoms with van der Waals surface area (Å²) < 4.78 is 0. The van der Waals surface area contributed by atoms with Gasteiger partial charge in [-0.15, -0.1) is 5.92 Å². The lowest BCUT2D eigenvalue weighted by atomic mass is 9.62. The van der Waals surface area contributed by atoms with Crippen LogP contribution in [0.3, 0.4) is 0 Å². The van der Waals surface area contributed by atoms with Gasteiger partial charge in [-0.2, -0.15) is 0 Å². The summed E-state index contributed by atoms with van der Waals surface area (Å²) >= 11 is 0. The zero-order chi connectivity index (χ0) is 25.2. The van der Waals surface area contributed by atoms with Gasteiger partial charge in [0.05, 0.1) is 0 Å². The molecule has 0 atom stereocenters. The molecule has 2 aliphatic rings. The fraction of sp³-hybridized carbons (Fsp3) is 0.407. The highest BCUT2D eigenvalue weighted by molar-refractivity contribution is 6.10. The number of aromatic nitrogens is 2. The molecule has 1 spiro atoms. The molecule has 8 nitrogen and oxygen atoms in total. The summed E-state index contributed by atoms with van der Waals surface area (Å²) in [5.74, 6) is 4.32. The van der Waals surface area contributed by atoms with Crippen LogP contribution in [0.25, 0.3) is 0 Å². The molecule has 180 valence electrons. The molecule has 0 unspecified atom stereocenters. The van der Waals surface area contributed by atoms with Crippen molar-refractivity contribution < 1.29 is 19.2 Å². The average Bonchev–Trinajstić information content (AvgIpc) is 2.81. The number of rotatable bonds is 2. The average molecular weight is 473 g/mol. The van der Waals surface area contributed by atoms with E-state index in [9.17, 15) is 19.2 Å². The highest BCUT2D eigenvalue weighted by atomic mass is 16.2. The van der Waals surface area contributed by atoms with E-state index in [4.69, 9.17) is 0 Å². The Bertz CT molecular complexity index is 1210. The van der Waals surface area contributed by atoms with Crippen LogP contribution < -0.4 is 5.32 Å². The van der Waals surface area contributed by atoms with Crippen LogP contribution in [0.5, 0.6) is 0 Å². The Labute approximate surface area is 204 Å². The van der Waals surface area contributed by atoms with Crippen molar-refractivity contribution in [2.75, 3.05) is 13.1 Å². The van der Waals surface area contributed by atoms with Crippen molar-refractivity contribution in [3.05, 3.63) is 58.7 Å². The molecular weight excluding hydrogens is 444 g/mol. The van der Waals surface area contributed by atoms with Gasteiger partial charge in [-0.25, -0.2) is 14.8 Å². The van der Waals surface area contributed by atoms with E-state index in [2.05, 4.69) is 27.1 Å². The first-order valence-corrected chi connectivity index (χ1v) is 11.7. The fourth-order valence-corrected chi connectivity index (χ4v) is 5.34. The summed E-state index contributed by atoms with van der Waals surface area (Å²) in [4.78, 5) is 60.6. The zero-order valence-corrected chi connectivity index (χ0v) is 20.2. The summed E-state index contributed by atoms with van der Waals surface area (Å²) in [6.07, 6.45) is 4.54. The Morgan fingerprint density at radius 2 is 1.60 bits per heavy atom. The lowest BCUT2D eigenvalue weighted by Gasteiger charge is -2.44. The molecule has 0 bridgehead atoms. The number of carbonyl (C=O) groups is 4. The van der Waals surface area contributed by atoms with E-state index in [0.717, 1.165) is 22.3 Å². The van der Waals surface area contributed by atoms with Crippen LogP contribution >= 0.6 is 0 Å². The number of piperidine rings is 1. The summed E-state index contributed by atoms with van der Waals surface area (Å²) in [5.41, 5.74) is 3.05. The number of aryl methyl sites for hydroxylation is 2. The molecule has 8 heteroatoms. The first kappa shape index (κ1) is 24.3. The Morgan fingerprint density at radius 1 is 1.03 bits per heavy atom. The van der Waals surface area contributed by atoms with Gasteiger partial charge in [0, 0.05) is 43.9 Å². The van der Waals surface area contributed by atoms with Crippen LogP contribution in [-0.2, 0) is 9.59 Å². The molecule has 1 saturated heterocycles. The van der Waals surface area contributed by atoms with E-state index in [-0.39, 0.29) is 17.4 Å². The van der Waals surface area contributed by atoms with Gasteiger partial charge in [0.15, 0.2) is 0 Å². The second kappa shape index (κ2) is 9.79. The van der Waals surface area contributed by atoms with E-state index >= 15 is 0 Å². The largest absolute Gasteiger partial charge is 0.324 e. The minimum atomic E-state index is -0.742. The predicted molar refractivity (Wildman–Crippen MR) is 129 cm³/mol. The van der Waals surface area contributed by atoms with Crippen LogP contribution in [-0.4, -0.2) is 51.5 Å². The Kier molecular flexibility index (Phi) is 6.79. The van der Waals surface area contributed by atoms with Crippen LogP contribution in [0.15, 0.2) is 30.6 Å². The van der Waals surface area contributed by atoms with Gasteiger partial charge in [-0.1, -0.05) is 5.92 Å². The van der Waals surface area contributed by atoms with E-state index < -0.39 is 23.3 Å². The molecule has 1 N–H and O–H groups in total. The van der Waals surface area contributed by atoms with Crippen molar-refractivity contribution in [3.63, 3.8) is 0 Å². The molecule has 1 aliphatic heterocycles. The first-order chi connectivity index (χ1) is 16.7. The van der Waals surface area contributed by atoms with Crippen molar-refractivity contribution >= 4 is 23.5 Å².